The SMILES string of the molecule is c1ccc(-c2nc3ccc4cc(N(c5cccc(N(c6ccccc6)c6ccc7oc8ccccc8c7c6)c5)c5ccccc5-c5ccccc5)ccc4c3s2)cc1. The van der Waals surface area contributed by atoms with Gasteiger partial charge in [-0.05, 0) is 89.8 Å². The maximum absolute atomic E-state index is 6.24. The van der Waals surface area contributed by atoms with Gasteiger partial charge in [0.15, 0.2) is 0 Å². The van der Waals surface area contributed by atoms with Crippen molar-refractivity contribution < 1.29 is 4.42 Å². The van der Waals surface area contributed by atoms with Crippen molar-refractivity contribution in [3.8, 4) is 21.7 Å². The van der Waals surface area contributed by atoms with Gasteiger partial charge in [0.1, 0.15) is 16.2 Å². The third-order valence-corrected chi connectivity index (χ3v) is 12.0. The van der Waals surface area contributed by atoms with Crippen LogP contribution in [0.4, 0.5) is 34.1 Å². The van der Waals surface area contributed by atoms with Crippen molar-refractivity contribution in [1.82, 2.24) is 4.98 Å². The van der Waals surface area contributed by atoms with Crippen molar-refractivity contribution in [1.29, 1.82) is 0 Å². The molecule has 11 rings (SSSR count). The molecule has 2 heterocycles. The lowest BCUT2D eigenvalue weighted by Crippen LogP contribution is -2.13. The van der Waals surface area contributed by atoms with Gasteiger partial charge in [0, 0.05) is 55.7 Å². The summed E-state index contributed by atoms with van der Waals surface area (Å²) >= 11 is 1.75. The molecule has 274 valence electrons. The predicted molar refractivity (Wildman–Crippen MR) is 245 cm³/mol. The third kappa shape index (κ3) is 5.97. The Morgan fingerprint density at radius 1 is 0.397 bits per heavy atom. The minimum absolute atomic E-state index is 0.874. The number of hydrogen-bond acceptors (Lipinski definition) is 5. The standard InChI is InChI=1S/C53H35N3OS/c1-4-15-36(16-5-1)44-23-10-12-25-49(44)56(42-28-30-45-38(33-42)27-31-48-52(45)58-53(54-48)37-17-6-2-7-18-37)41-22-14-21-40(34-41)55(39-19-8-3-9-20-39)43-29-32-51-47(35-43)46-24-11-13-26-50(46)57-51/h1-35H. The van der Waals surface area contributed by atoms with E-state index in [9.17, 15) is 0 Å². The second-order valence-electron chi connectivity index (χ2n) is 14.4. The molecule has 0 aliphatic heterocycles. The molecule has 2 aromatic heterocycles. The average molecular weight is 762 g/mol. The first-order valence-corrected chi connectivity index (χ1v) is 20.3. The van der Waals surface area contributed by atoms with E-state index in [0.717, 1.165) is 88.7 Å². The number of benzene rings is 9. The minimum Gasteiger partial charge on any atom is -0.456 e. The van der Waals surface area contributed by atoms with E-state index >= 15 is 0 Å². The van der Waals surface area contributed by atoms with Crippen LogP contribution in [-0.2, 0) is 0 Å². The van der Waals surface area contributed by atoms with E-state index in [1.807, 2.05) is 18.2 Å². The number of anilines is 6. The fourth-order valence-corrected chi connectivity index (χ4v) is 9.26. The molecule has 0 N–H and O–H groups in total. The molecule has 0 saturated carbocycles. The summed E-state index contributed by atoms with van der Waals surface area (Å²) in [5, 5.41) is 5.59. The highest BCUT2D eigenvalue weighted by Gasteiger charge is 2.21. The number of para-hydroxylation sites is 3. The lowest BCUT2D eigenvalue weighted by molar-refractivity contribution is 0.669. The zero-order chi connectivity index (χ0) is 38.4. The van der Waals surface area contributed by atoms with Crippen molar-refractivity contribution >= 4 is 88.4 Å². The van der Waals surface area contributed by atoms with Gasteiger partial charge >= 0.3 is 0 Å². The Morgan fingerprint density at radius 3 is 1.84 bits per heavy atom. The zero-order valence-electron chi connectivity index (χ0n) is 31.4. The molecule has 0 amide bonds. The Bertz CT molecular complexity index is 3250. The molecule has 0 aliphatic rings. The molecule has 0 bridgehead atoms. The van der Waals surface area contributed by atoms with Gasteiger partial charge in [0.05, 0.1) is 15.9 Å². The second-order valence-corrected chi connectivity index (χ2v) is 15.4. The number of fused-ring (bicyclic) bond motifs is 6. The summed E-state index contributed by atoms with van der Waals surface area (Å²) in [5.41, 5.74) is 12.6. The minimum atomic E-state index is 0.874. The molecule has 0 spiro atoms. The maximum atomic E-state index is 6.24. The first kappa shape index (κ1) is 33.8. The number of aromatic nitrogens is 1. The molecule has 58 heavy (non-hydrogen) atoms. The molecule has 0 fully saturated rings. The second kappa shape index (κ2) is 14.2. The lowest BCUT2D eigenvalue weighted by Gasteiger charge is -2.30. The molecule has 0 radical (unpaired) electrons. The molecule has 11 aromatic rings. The highest BCUT2D eigenvalue weighted by atomic mass is 32.1. The highest BCUT2D eigenvalue weighted by Crippen LogP contribution is 2.46. The Kier molecular flexibility index (Phi) is 8.30. The van der Waals surface area contributed by atoms with Crippen LogP contribution in [-0.4, -0.2) is 4.98 Å². The van der Waals surface area contributed by atoms with Crippen LogP contribution >= 0.6 is 11.3 Å². The quantitative estimate of drug-likeness (QED) is 0.154. The van der Waals surface area contributed by atoms with Crippen molar-refractivity contribution in [3.63, 3.8) is 0 Å². The van der Waals surface area contributed by atoms with Crippen LogP contribution in [0.3, 0.4) is 0 Å². The van der Waals surface area contributed by atoms with Gasteiger partial charge in [-0.3, -0.25) is 0 Å². The van der Waals surface area contributed by atoms with Gasteiger partial charge < -0.3 is 14.2 Å². The Hall–Kier alpha value is -7.47. The molecule has 9 aromatic carbocycles. The van der Waals surface area contributed by atoms with Crippen LogP contribution in [0.5, 0.6) is 0 Å². The summed E-state index contributed by atoms with van der Waals surface area (Å²) in [7, 11) is 0. The topological polar surface area (TPSA) is 32.5 Å². The largest absolute Gasteiger partial charge is 0.456 e. The van der Waals surface area contributed by atoms with Crippen LogP contribution in [0.15, 0.2) is 217 Å². The summed E-state index contributed by atoms with van der Waals surface area (Å²) < 4.78 is 7.44. The number of hydrogen-bond donors (Lipinski definition) is 0. The van der Waals surface area contributed by atoms with Crippen LogP contribution < -0.4 is 9.80 Å². The van der Waals surface area contributed by atoms with Crippen LogP contribution in [0.2, 0.25) is 0 Å². The van der Waals surface area contributed by atoms with Gasteiger partial charge in [0.2, 0.25) is 0 Å². The molecule has 0 aliphatic carbocycles. The molecular formula is C53H35N3OS. The van der Waals surface area contributed by atoms with E-state index in [4.69, 9.17) is 9.40 Å². The molecule has 0 atom stereocenters. The normalized spacial score (nSPS) is 11.4. The van der Waals surface area contributed by atoms with E-state index in [2.05, 4.69) is 204 Å². The summed E-state index contributed by atoms with van der Waals surface area (Å²) in [4.78, 5) is 9.76. The fraction of sp³-hybridized carbons (Fsp3) is 0. The van der Waals surface area contributed by atoms with Gasteiger partial charge in [0.25, 0.3) is 0 Å². The number of furan rings is 1. The molecular weight excluding hydrogens is 727 g/mol. The Labute approximate surface area is 340 Å². The monoisotopic (exact) mass is 761 g/mol. The molecule has 0 unspecified atom stereocenters. The third-order valence-electron chi connectivity index (χ3n) is 10.8. The summed E-state index contributed by atoms with van der Waals surface area (Å²) in [5.74, 6) is 0. The van der Waals surface area contributed by atoms with Crippen LogP contribution in [0.1, 0.15) is 0 Å². The number of thiazole rings is 1. The summed E-state index contributed by atoms with van der Waals surface area (Å²) in [6.07, 6.45) is 0. The number of rotatable bonds is 8. The van der Waals surface area contributed by atoms with Gasteiger partial charge in [-0.1, -0.05) is 133 Å². The molecule has 0 saturated heterocycles. The predicted octanol–water partition coefficient (Wildman–Crippen LogP) is 15.6. The van der Waals surface area contributed by atoms with Gasteiger partial charge in [-0.2, -0.15) is 0 Å². The van der Waals surface area contributed by atoms with E-state index in [1.54, 1.807) is 11.3 Å². The first-order chi connectivity index (χ1) is 28.7. The lowest BCUT2D eigenvalue weighted by atomic mass is 10.0. The van der Waals surface area contributed by atoms with E-state index < -0.39 is 0 Å². The molecule has 4 nitrogen and oxygen atoms in total. The van der Waals surface area contributed by atoms with E-state index in [1.165, 1.54) is 10.1 Å². The summed E-state index contributed by atoms with van der Waals surface area (Å²) in [6, 6.07) is 75.2. The number of nitrogens with zero attached hydrogens (tertiary/aromatic N) is 3. The Balaban J connectivity index is 1.09. The van der Waals surface area contributed by atoms with Crippen molar-refractivity contribution in [3.05, 3.63) is 212 Å². The highest BCUT2D eigenvalue weighted by molar-refractivity contribution is 7.22. The first-order valence-electron chi connectivity index (χ1n) is 19.5. The van der Waals surface area contributed by atoms with Crippen molar-refractivity contribution in [2.24, 2.45) is 0 Å². The fourth-order valence-electron chi connectivity index (χ4n) is 8.15. The zero-order valence-corrected chi connectivity index (χ0v) is 32.2. The van der Waals surface area contributed by atoms with E-state index in [-0.39, 0.29) is 0 Å². The van der Waals surface area contributed by atoms with Gasteiger partial charge in [-0.15, -0.1) is 11.3 Å². The van der Waals surface area contributed by atoms with Crippen LogP contribution in [0.25, 0.3) is 64.6 Å². The van der Waals surface area contributed by atoms with Crippen LogP contribution in [0, 0.1) is 0 Å². The smallest absolute Gasteiger partial charge is 0.135 e. The van der Waals surface area contributed by atoms with Crippen molar-refractivity contribution in [2.75, 3.05) is 9.80 Å². The summed E-state index contributed by atoms with van der Waals surface area (Å²) in [6.45, 7) is 0. The maximum Gasteiger partial charge on any atom is 0.135 e. The average Bonchev–Trinajstić information content (AvgIpc) is 3.90. The Morgan fingerprint density at radius 2 is 1.02 bits per heavy atom. The molecule has 5 heteroatoms. The van der Waals surface area contributed by atoms with E-state index in [0.29, 0.717) is 0 Å². The van der Waals surface area contributed by atoms with Crippen molar-refractivity contribution in [2.45, 2.75) is 0 Å². The van der Waals surface area contributed by atoms with Gasteiger partial charge in [-0.25, -0.2) is 4.98 Å².